The molecule has 31 heavy (non-hydrogen) atoms. The molecule has 1 aromatic heterocycles. The zero-order chi connectivity index (χ0) is 22.6. The predicted molar refractivity (Wildman–Crippen MR) is 115 cm³/mol. The molecule has 3 aromatic rings. The van der Waals surface area contributed by atoms with Gasteiger partial charge in [0.25, 0.3) is 0 Å². The first kappa shape index (κ1) is 22.5. The summed E-state index contributed by atoms with van der Waals surface area (Å²) < 4.78 is 10.8. The van der Waals surface area contributed by atoms with E-state index in [1.54, 1.807) is 48.5 Å². The molecule has 10 heteroatoms. The quantitative estimate of drug-likeness (QED) is 0.568. The highest BCUT2D eigenvalue weighted by Gasteiger charge is 2.34. The summed E-state index contributed by atoms with van der Waals surface area (Å²) >= 11 is 5.88. The van der Waals surface area contributed by atoms with Gasteiger partial charge in [-0.25, -0.2) is 4.79 Å². The van der Waals surface area contributed by atoms with Crippen molar-refractivity contribution in [2.24, 2.45) is 11.1 Å². The second kappa shape index (κ2) is 9.32. The van der Waals surface area contributed by atoms with Crippen molar-refractivity contribution in [1.29, 1.82) is 0 Å². The van der Waals surface area contributed by atoms with Crippen molar-refractivity contribution in [2.45, 2.75) is 39.5 Å². The molecule has 1 heterocycles. The molecule has 3 rings (SSSR count). The van der Waals surface area contributed by atoms with Gasteiger partial charge in [-0.1, -0.05) is 32.4 Å². The van der Waals surface area contributed by atoms with E-state index in [2.05, 4.69) is 15.4 Å². The number of primary amides is 1. The van der Waals surface area contributed by atoms with Crippen LogP contribution in [0.1, 0.15) is 20.8 Å². The molecule has 0 radical (unpaired) electrons. The van der Waals surface area contributed by atoms with Gasteiger partial charge < -0.3 is 20.3 Å². The molecule has 1 unspecified atom stereocenters. The third kappa shape index (κ3) is 6.16. The largest absolute Gasteiger partial charge is 0.457 e. The van der Waals surface area contributed by atoms with Gasteiger partial charge in [0.1, 0.15) is 18.0 Å². The molecule has 0 aliphatic carbocycles. The number of nitrogens with zero attached hydrogens (tertiary/aromatic N) is 4. The van der Waals surface area contributed by atoms with Gasteiger partial charge >= 0.3 is 6.09 Å². The highest BCUT2D eigenvalue weighted by Crippen LogP contribution is 2.26. The molecule has 0 saturated carbocycles. The third-order valence-electron chi connectivity index (χ3n) is 4.46. The maximum Gasteiger partial charge on any atom is 0.404 e. The molecule has 0 bridgehead atoms. The average molecular weight is 446 g/mol. The number of rotatable bonds is 7. The number of carbonyl (C=O) groups is 1. The number of aromatic nitrogens is 4. The Morgan fingerprint density at radius 1 is 1.13 bits per heavy atom. The van der Waals surface area contributed by atoms with Crippen LogP contribution in [-0.4, -0.2) is 43.6 Å². The van der Waals surface area contributed by atoms with Crippen molar-refractivity contribution in [3.05, 3.63) is 53.6 Å². The summed E-state index contributed by atoms with van der Waals surface area (Å²) in [5.74, 6) is 1.68. The van der Waals surface area contributed by atoms with Crippen LogP contribution in [-0.2, 0) is 11.3 Å². The fourth-order valence-electron chi connectivity index (χ4n) is 2.82. The Morgan fingerprint density at radius 3 is 2.26 bits per heavy atom. The Bertz CT molecular complexity index is 1020. The zero-order valence-electron chi connectivity index (χ0n) is 17.4. The number of tetrazole rings is 1. The van der Waals surface area contributed by atoms with Crippen molar-refractivity contribution in [3.63, 3.8) is 0 Å². The Kier molecular flexibility index (Phi) is 6.77. The van der Waals surface area contributed by atoms with Crippen molar-refractivity contribution in [1.82, 2.24) is 20.2 Å². The van der Waals surface area contributed by atoms with Crippen LogP contribution in [0.25, 0.3) is 11.4 Å². The molecule has 2 aromatic carbocycles. The number of benzene rings is 2. The van der Waals surface area contributed by atoms with Crippen molar-refractivity contribution in [2.75, 3.05) is 0 Å². The van der Waals surface area contributed by atoms with Crippen LogP contribution < -0.4 is 10.5 Å². The number of ether oxygens (including phenoxy) is 2. The standard InChI is InChI=1S/C21H24ClN5O4/c1-21(2,3)18(28)17(31-20(23)29)12-27-25-19(24-26-27)13-4-8-15(9-5-13)30-16-10-6-14(22)7-11-16/h4-11,17-18,28H,12H2,1-3H3,(H2,23,29)/t17-,18?/m0/s1. The highest BCUT2D eigenvalue weighted by atomic mass is 35.5. The lowest BCUT2D eigenvalue weighted by Gasteiger charge is -2.31. The summed E-state index contributed by atoms with van der Waals surface area (Å²) in [5.41, 5.74) is 5.33. The molecule has 9 nitrogen and oxygen atoms in total. The lowest BCUT2D eigenvalue weighted by molar-refractivity contribution is -0.0583. The maximum absolute atomic E-state index is 11.2. The number of aliphatic hydroxyl groups is 1. The van der Waals surface area contributed by atoms with E-state index in [4.69, 9.17) is 26.8 Å². The average Bonchev–Trinajstić information content (AvgIpc) is 3.17. The molecule has 0 aliphatic rings. The Labute approximate surface area is 184 Å². The van der Waals surface area contributed by atoms with Gasteiger partial charge in [-0.15, -0.1) is 10.2 Å². The third-order valence-corrected chi connectivity index (χ3v) is 4.72. The van der Waals surface area contributed by atoms with Gasteiger partial charge in [-0.05, 0) is 59.2 Å². The maximum atomic E-state index is 11.2. The molecular formula is C21H24ClN5O4. The number of hydrogen-bond donors (Lipinski definition) is 2. The number of nitrogens with two attached hydrogens (primary N) is 1. The number of carbonyl (C=O) groups excluding carboxylic acids is 1. The van der Waals surface area contributed by atoms with Gasteiger partial charge in [-0.2, -0.15) is 4.80 Å². The van der Waals surface area contributed by atoms with Crippen LogP contribution in [0.2, 0.25) is 5.02 Å². The van der Waals surface area contributed by atoms with Gasteiger partial charge in [0.15, 0.2) is 6.10 Å². The van der Waals surface area contributed by atoms with E-state index < -0.39 is 23.7 Å². The number of amides is 1. The molecule has 2 atom stereocenters. The summed E-state index contributed by atoms with van der Waals surface area (Å²) in [7, 11) is 0. The molecule has 1 amide bonds. The first-order valence-electron chi connectivity index (χ1n) is 9.57. The topological polar surface area (TPSA) is 125 Å². The van der Waals surface area contributed by atoms with Crippen molar-refractivity contribution < 1.29 is 19.4 Å². The summed E-state index contributed by atoms with van der Waals surface area (Å²) in [4.78, 5) is 12.5. The van der Waals surface area contributed by atoms with Crippen LogP contribution in [0.4, 0.5) is 4.79 Å². The minimum atomic E-state index is -0.982. The number of hydrogen-bond acceptors (Lipinski definition) is 7. The Morgan fingerprint density at radius 2 is 1.71 bits per heavy atom. The van der Waals surface area contributed by atoms with Gasteiger partial charge in [0.2, 0.25) is 5.82 Å². The lowest BCUT2D eigenvalue weighted by Crippen LogP contribution is -2.44. The first-order chi connectivity index (χ1) is 14.6. The first-order valence-corrected chi connectivity index (χ1v) is 9.95. The minimum absolute atomic E-state index is 0.00609. The Balaban J connectivity index is 1.70. The van der Waals surface area contributed by atoms with E-state index in [0.717, 1.165) is 5.56 Å². The van der Waals surface area contributed by atoms with Gasteiger partial charge in [0.05, 0.1) is 6.10 Å². The van der Waals surface area contributed by atoms with Crippen molar-refractivity contribution >= 4 is 17.7 Å². The van der Waals surface area contributed by atoms with Crippen LogP contribution in [0.15, 0.2) is 48.5 Å². The molecule has 0 spiro atoms. The second-order valence-electron chi connectivity index (χ2n) is 8.03. The van der Waals surface area contributed by atoms with Crippen LogP contribution in [0.5, 0.6) is 11.5 Å². The van der Waals surface area contributed by atoms with Gasteiger partial charge in [-0.3, -0.25) is 0 Å². The monoisotopic (exact) mass is 445 g/mol. The van der Waals surface area contributed by atoms with Crippen LogP contribution >= 0.6 is 11.6 Å². The van der Waals surface area contributed by atoms with E-state index in [1.807, 2.05) is 20.8 Å². The summed E-state index contributed by atoms with van der Waals surface area (Å²) in [6, 6.07) is 14.2. The smallest absolute Gasteiger partial charge is 0.404 e. The lowest BCUT2D eigenvalue weighted by atomic mass is 9.86. The molecule has 0 fully saturated rings. The zero-order valence-corrected chi connectivity index (χ0v) is 18.2. The minimum Gasteiger partial charge on any atom is -0.457 e. The van der Waals surface area contributed by atoms with Crippen LogP contribution in [0.3, 0.4) is 0 Å². The van der Waals surface area contributed by atoms with Crippen molar-refractivity contribution in [3.8, 4) is 22.9 Å². The summed E-state index contributed by atoms with van der Waals surface area (Å²) in [6.45, 7) is 5.47. The fourth-order valence-corrected chi connectivity index (χ4v) is 2.94. The molecule has 0 aliphatic heterocycles. The summed E-state index contributed by atoms with van der Waals surface area (Å²) in [6.07, 6.45) is -2.88. The van der Waals surface area contributed by atoms with E-state index >= 15 is 0 Å². The predicted octanol–water partition coefficient (Wildman–Crippen LogP) is 3.66. The van der Waals surface area contributed by atoms with Gasteiger partial charge in [0, 0.05) is 10.6 Å². The molecule has 0 saturated heterocycles. The highest BCUT2D eigenvalue weighted by molar-refractivity contribution is 6.30. The second-order valence-corrected chi connectivity index (χ2v) is 8.47. The van der Waals surface area contributed by atoms with Crippen LogP contribution in [0, 0.1) is 5.41 Å². The van der Waals surface area contributed by atoms with E-state index in [1.165, 1.54) is 4.80 Å². The summed E-state index contributed by atoms with van der Waals surface area (Å²) in [5, 5.41) is 23.5. The van der Waals surface area contributed by atoms with E-state index in [0.29, 0.717) is 22.3 Å². The molecule has 3 N–H and O–H groups in total. The Hall–Kier alpha value is -3.17. The van der Waals surface area contributed by atoms with E-state index in [-0.39, 0.29) is 6.54 Å². The molecule has 164 valence electrons. The van der Waals surface area contributed by atoms with E-state index in [9.17, 15) is 9.90 Å². The normalized spacial score (nSPS) is 13.5. The SMILES string of the molecule is CC(C)(C)C(O)[C@H](Cn1nnc(-c2ccc(Oc3ccc(Cl)cc3)cc2)n1)OC(N)=O. The number of aliphatic hydroxyl groups excluding tert-OH is 1. The molecular weight excluding hydrogens is 422 g/mol. The number of halogens is 1. The fraction of sp³-hybridized carbons (Fsp3) is 0.333.